The van der Waals surface area contributed by atoms with Crippen LogP contribution in [-0.4, -0.2) is 11.1 Å². The Labute approximate surface area is 103 Å². The zero-order chi connectivity index (χ0) is 12.1. The molecule has 2 atom stereocenters. The summed E-state index contributed by atoms with van der Waals surface area (Å²) in [5.74, 6) is -0.618. The number of carbonyl (C=O) groups is 1. The van der Waals surface area contributed by atoms with Crippen molar-refractivity contribution in [3.8, 4) is 0 Å². The van der Waals surface area contributed by atoms with Gasteiger partial charge in [-0.15, -0.1) is 0 Å². The Bertz CT molecular complexity index is 358. The monoisotopic (exact) mass is 232 g/mol. The van der Waals surface area contributed by atoms with Gasteiger partial charge in [0, 0.05) is 0 Å². The predicted octanol–water partition coefficient (Wildman–Crippen LogP) is 3.83. The highest BCUT2D eigenvalue weighted by atomic mass is 16.4. The van der Waals surface area contributed by atoms with Crippen molar-refractivity contribution in [2.24, 2.45) is 5.92 Å². The second kappa shape index (κ2) is 5.85. The molecule has 17 heavy (non-hydrogen) atoms. The average Bonchev–Trinajstić information content (AvgIpc) is 2.29. The Kier molecular flexibility index (Phi) is 4.18. The van der Waals surface area contributed by atoms with E-state index < -0.39 is 5.97 Å². The van der Waals surface area contributed by atoms with Crippen LogP contribution in [0.3, 0.4) is 0 Å². The van der Waals surface area contributed by atoms with Gasteiger partial charge >= 0.3 is 5.97 Å². The molecule has 0 spiro atoms. The predicted molar refractivity (Wildman–Crippen MR) is 68.0 cm³/mol. The van der Waals surface area contributed by atoms with Crippen molar-refractivity contribution in [1.29, 1.82) is 0 Å². The van der Waals surface area contributed by atoms with E-state index in [9.17, 15) is 9.90 Å². The highest BCUT2D eigenvalue weighted by Gasteiger charge is 2.29. The highest BCUT2D eigenvalue weighted by Crippen LogP contribution is 2.35. The summed E-state index contributed by atoms with van der Waals surface area (Å²) < 4.78 is 0. The largest absolute Gasteiger partial charge is 0.481 e. The minimum atomic E-state index is -0.624. The summed E-state index contributed by atoms with van der Waals surface area (Å²) in [6, 6.07) is 10.1. The fourth-order valence-electron chi connectivity index (χ4n) is 2.88. The molecule has 1 aliphatic rings. The van der Waals surface area contributed by atoms with Gasteiger partial charge < -0.3 is 5.11 Å². The Morgan fingerprint density at radius 3 is 2.29 bits per heavy atom. The van der Waals surface area contributed by atoms with Crippen LogP contribution in [0.1, 0.15) is 50.0 Å². The third-order valence-electron chi connectivity index (χ3n) is 3.81. The first-order valence-electron chi connectivity index (χ1n) is 6.57. The molecule has 92 valence electrons. The fourth-order valence-corrected chi connectivity index (χ4v) is 2.88. The van der Waals surface area contributed by atoms with Crippen molar-refractivity contribution in [1.82, 2.24) is 0 Å². The maximum atomic E-state index is 11.4. The minimum absolute atomic E-state index is 0.197. The van der Waals surface area contributed by atoms with Gasteiger partial charge in [-0.2, -0.15) is 0 Å². The van der Waals surface area contributed by atoms with E-state index in [0.29, 0.717) is 0 Å². The molecule has 1 aromatic rings. The van der Waals surface area contributed by atoms with Gasteiger partial charge in [0.05, 0.1) is 5.92 Å². The molecule has 1 aromatic carbocycles. The second-order valence-electron chi connectivity index (χ2n) is 4.95. The number of carboxylic acids is 1. The van der Waals surface area contributed by atoms with E-state index in [1.54, 1.807) is 0 Å². The maximum absolute atomic E-state index is 11.4. The van der Waals surface area contributed by atoms with Gasteiger partial charge in [-0.3, -0.25) is 4.79 Å². The first-order chi connectivity index (χ1) is 8.29. The van der Waals surface area contributed by atoms with Gasteiger partial charge in [0.1, 0.15) is 0 Å². The van der Waals surface area contributed by atoms with Crippen molar-refractivity contribution < 1.29 is 9.90 Å². The van der Waals surface area contributed by atoms with Crippen LogP contribution in [0.25, 0.3) is 0 Å². The Morgan fingerprint density at radius 2 is 1.65 bits per heavy atom. The molecule has 0 aromatic heterocycles. The van der Waals surface area contributed by atoms with E-state index in [0.717, 1.165) is 25.7 Å². The van der Waals surface area contributed by atoms with Crippen molar-refractivity contribution >= 4 is 5.97 Å². The van der Waals surface area contributed by atoms with Gasteiger partial charge in [0.15, 0.2) is 0 Å². The lowest BCUT2D eigenvalue weighted by atomic mass is 9.78. The first kappa shape index (κ1) is 12.2. The molecular formula is C15H20O2. The first-order valence-corrected chi connectivity index (χ1v) is 6.57. The number of aliphatic carboxylic acids is 1. The van der Waals surface area contributed by atoms with Crippen LogP contribution in [0.4, 0.5) is 0 Å². The van der Waals surface area contributed by atoms with Gasteiger partial charge in [-0.05, 0) is 24.3 Å². The molecule has 1 fully saturated rings. The summed E-state index contributed by atoms with van der Waals surface area (Å²) in [5.41, 5.74) is 1.20. The molecule has 0 radical (unpaired) electrons. The van der Waals surface area contributed by atoms with Gasteiger partial charge in [-0.1, -0.05) is 56.0 Å². The molecule has 2 nitrogen and oxygen atoms in total. The van der Waals surface area contributed by atoms with E-state index in [4.69, 9.17) is 0 Å². The van der Waals surface area contributed by atoms with E-state index in [2.05, 4.69) is 12.1 Å². The van der Waals surface area contributed by atoms with Crippen molar-refractivity contribution in [2.75, 3.05) is 0 Å². The number of benzene rings is 1. The number of hydrogen-bond acceptors (Lipinski definition) is 1. The molecule has 0 aliphatic heterocycles. The lowest BCUT2D eigenvalue weighted by molar-refractivity contribution is -0.143. The van der Waals surface area contributed by atoms with Crippen molar-refractivity contribution in [3.05, 3.63) is 35.9 Å². The zero-order valence-electron chi connectivity index (χ0n) is 10.1. The SMILES string of the molecule is O=C(O)[C@@H]1CCCCCC[C@H]1c1ccccc1. The van der Waals surface area contributed by atoms with E-state index in [1.165, 1.54) is 18.4 Å². The Morgan fingerprint density at radius 1 is 1.00 bits per heavy atom. The van der Waals surface area contributed by atoms with Gasteiger partial charge in [0.25, 0.3) is 0 Å². The summed E-state index contributed by atoms with van der Waals surface area (Å²) in [6.45, 7) is 0. The van der Waals surface area contributed by atoms with Crippen LogP contribution in [-0.2, 0) is 4.79 Å². The van der Waals surface area contributed by atoms with Crippen molar-refractivity contribution in [2.45, 2.75) is 44.4 Å². The molecule has 0 bridgehead atoms. The summed E-state index contributed by atoms with van der Waals surface area (Å²) in [7, 11) is 0. The molecule has 1 saturated carbocycles. The van der Waals surface area contributed by atoms with Crippen LogP contribution in [0.5, 0.6) is 0 Å². The summed E-state index contributed by atoms with van der Waals surface area (Å²) >= 11 is 0. The summed E-state index contributed by atoms with van der Waals surface area (Å²) in [4.78, 5) is 11.4. The maximum Gasteiger partial charge on any atom is 0.307 e. The number of hydrogen-bond donors (Lipinski definition) is 1. The zero-order valence-corrected chi connectivity index (χ0v) is 10.1. The van der Waals surface area contributed by atoms with Crippen LogP contribution >= 0.6 is 0 Å². The van der Waals surface area contributed by atoms with Crippen LogP contribution in [0.2, 0.25) is 0 Å². The fraction of sp³-hybridized carbons (Fsp3) is 0.533. The minimum Gasteiger partial charge on any atom is -0.481 e. The Hall–Kier alpha value is -1.31. The van der Waals surface area contributed by atoms with E-state index >= 15 is 0 Å². The molecule has 1 aliphatic carbocycles. The smallest absolute Gasteiger partial charge is 0.307 e. The summed E-state index contributed by atoms with van der Waals surface area (Å²) in [5, 5.41) is 9.39. The normalized spacial score (nSPS) is 25.9. The highest BCUT2D eigenvalue weighted by molar-refractivity contribution is 5.71. The van der Waals surface area contributed by atoms with Crippen molar-refractivity contribution in [3.63, 3.8) is 0 Å². The summed E-state index contributed by atoms with van der Waals surface area (Å²) in [6.07, 6.45) is 6.49. The molecule has 2 heteroatoms. The third-order valence-corrected chi connectivity index (χ3v) is 3.81. The van der Waals surface area contributed by atoms with E-state index in [1.807, 2.05) is 18.2 Å². The average molecular weight is 232 g/mol. The lowest BCUT2D eigenvalue weighted by Crippen LogP contribution is -2.23. The number of rotatable bonds is 2. The molecule has 0 unspecified atom stereocenters. The topological polar surface area (TPSA) is 37.3 Å². The van der Waals surface area contributed by atoms with Crippen LogP contribution in [0, 0.1) is 5.92 Å². The molecule has 0 amide bonds. The quantitative estimate of drug-likeness (QED) is 0.841. The molecule has 1 N–H and O–H groups in total. The second-order valence-corrected chi connectivity index (χ2v) is 4.95. The third kappa shape index (κ3) is 3.09. The lowest BCUT2D eigenvalue weighted by Gasteiger charge is -2.26. The Balaban J connectivity index is 2.21. The molecule has 0 heterocycles. The van der Waals surface area contributed by atoms with Gasteiger partial charge in [-0.25, -0.2) is 0 Å². The molecular weight excluding hydrogens is 212 g/mol. The van der Waals surface area contributed by atoms with Gasteiger partial charge in [0.2, 0.25) is 0 Å². The van der Waals surface area contributed by atoms with E-state index in [-0.39, 0.29) is 11.8 Å². The molecule has 2 rings (SSSR count). The van der Waals surface area contributed by atoms with Crippen LogP contribution < -0.4 is 0 Å². The molecule has 0 saturated heterocycles. The van der Waals surface area contributed by atoms with Crippen LogP contribution in [0.15, 0.2) is 30.3 Å². The standard InChI is InChI=1S/C15H20O2/c16-15(17)14-11-7-2-1-6-10-13(14)12-8-4-3-5-9-12/h3-5,8-9,13-14H,1-2,6-7,10-11H2,(H,16,17)/t13-,14+/m0/s1. The number of carboxylic acid groups (broad SMARTS) is 1.